The molecule has 0 spiro atoms. The SMILES string of the molecule is C#Cc1cc(=O)n(-c2ccccc2)c2nc(Nc3ccccc3OC)ncc12. The summed E-state index contributed by atoms with van der Waals surface area (Å²) >= 11 is 0. The van der Waals surface area contributed by atoms with Crippen molar-refractivity contribution in [1.82, 2.24) is 14.5 Å². The highest BCUT2D eigenvalue weighted by Gasteiger charge is 2.13. The highest BCUT2D eigenvalue weighted by Crippen LogP contribution is 2.26. The van der Waals surface area contributed by atoms with Gasteiger partial charge < -0.3 is 10.1 Å². The van der Waals surface area contributed by atoms with Gasteiger partial charge in [-0.25, -0.2) is 4.98 Å². The van der Waals surface area contributed by atoms with Crippen LogP contribution in [0.25, 0.3) is 16.7 Å². The molecule has 4 aromatic rings. The molecule has 0 bridgehead atoms. The summed E-state index contributed by atoms with van der Waals surface area (Å²) in [5.41, 5.74) is 2.04. The van der Waals surface area contributed by atoms with Crippen LogP contribution in [-0.4, -0.2) is 21.6 Å². The third-order valence-electron chi connectivity index (χ3n) is 4.28. The lowest BCUT2D eigenvalue weighted by atomic mass is 10.2. The van der Waals surface area contributed by atoms with Crippen molar-refractivity contribution in [2.24, 2.45) is 0 Å². The molecule has 6 heteroatoms. The van der Waals surface area contributed by atoms with Crippen molar-refractivity contribution in [3.8, 4) is 23.8 Å². The molecule has 4 rings (SSSR count). The molecule has 6 nitrogen and oxygen atoms in total. The van der Waals surface area contributed by atoms with Crippen LogP contribution in [0.2, 0.25) is 0 Å². The lowest BCUT2D eigenvalue weighted by Crippen LogP contribution is -2.20. The Labute approximate surface area is 161 Å². The van der Waals surface area contributed by atoms with E-state index in [0.29, 0.717) is 39.7 Å². The summed E-state index contributed by atoms with van der Waals surface area (Å²) in [6.07, 6.45) is 7.21. The Hall–Kier alpha value is -4.11. The molecule has 0 saturated carbocycles. The Morgan fingerprint density at radius 2 is 1.86 bits per heavy atom. The van der Waals surface area contributed by atoms with Crippen LogP contribution in [0.1, 0.15) is 5.56 Å². The standard InChI is InChI=1S/C22H16N4O2/c1-3-15-13-20(27)26(16-9-5-4-6-10-16)21-17(15)14-23-22(25-21)24-18-11-7-8-12-19(18)28-2/h1,4-14H,2H3,(H,23,24,25). The molecular formula is C22H16N4O2. The molecule has 2 aromatic carbocycles. The lowest BCUT2D eigenvalue weighted by Gasteiger charge is -2.13. The number of pyridine rings is 1. The number of hydrogen-bond donors (Lipinski definition) is 1. The number of aromatic nitrogens is 3. The maximum atomic E-state index is 12.7. The van der Waals surface area contributed by atoms with Crippen LogP contribution in [0.5, 0.6) is 5.75 Å². The Bertz CT molecular complexity index is 1260. The molecule has 28 heavy (non-hydrogen) atoms. The molecule has 0 fully saturated rings. The Morgan fingerprint density at radius 1 is 1.11 bits per heavy atom. The van der Waals surface area contributed by atoms with Crippen LogP contribution in [0.4, 0.5) is 11.6 Å². The maximum absolute atomic E-state index is 12.7. The number of nitrogens with zero attached hydrogens (tertiary/aromatic N) is 3. The van der Waals surface area contributed by atoms with E-state index in [1.165, 1.54) is 10.6 Å². The highest BCUT2D eigenvalue weighted by molar-refractivity contribution is 5.84. The molecule has 2 aromatic heterocycles. The minimum Gasteiger partial charge on any atom is -0.495 e. The van der Waals surface area contributed by atoms with Crippen LogP contribution in [-0.2, 0) is 0 Å². The number of terminal acetylenes is 1. The van der Waals surface area contributed by atoms with Gasteiger partial charge in [-0.2, -0.15) is 4.98 Å². The van der Waals surface area contributed by atoms with Crippen LogP contribution >= 0.6 is 0 Å². The van der Waals surface area contributed by atoms with Gasteiger partial charge in [0, 0.05) is 17.8 Å². The third-order valence-corrected chi connectivity index (χ3v) is 4.28. The smallest absolute Gasteiger partial charge is 0.258 e. The van der Waals surface area contributed by atoms with E-state index in [1.807, 2.05) is 54.6 Å². The topological polar surface area (TPSA) is 69.0 Å². The van der Waals surface area contributed by atoms with Crippen molar-refractivity contribution in [3.05, 3.63) is 82.8 Å². The summed E-state index contributed by atoms with van der Waals surface area (Å²) in [7, 11) is 1.59. The van der Waals surface area contributed by atoms with Gasteiger partial charge in [0.25, 0.3) is 5.56 Å². The minimum absolute atomic E-state index is 0.256. The van der Waals surface area contributed by atoms with Crippen molar-refractivity contribution in [3.63, 3.8) is 0 Å². The van der Waals surface area contributed by atoms with E-state index in [-0.39, 0.29) is 5.56 Å². The fourth-order valence-electron chi connectivity index (χ4n) is 2.98. The summed E-state index contributed by atoms with van der Waals surface area (Å²) in [6.45, 7) is 0. The number of benzene rings is 2. The fraction of sp³-hybridized carbons (Fsp3) is 0.0455. The molecule has 0 unspecified atom stereocenters. The molecule has 2 heterocycles. The van der Waals surface area contributed by atoms with E-state index in [0.717, 1.165) is 0 Å². The zero-order valence-electron chi connectivity index (χ0n) is 15.1. The number of ether oxygens (including phenoxy) is 1. The second kappa shape index (κ2) is 7.25. The number of methoxy groups -OCH3 is 1. The van der Waals surface area contributed by atoms with E-state index in [1.54, 1.807) is 13.3 Å². The molecule has 1 N–H and O–H groups in total. The molecule has 0 radical (unpaired) electrons. The summed E-state index contributed by atoms with van der Waals surface area (Å²) < 4.78 is 6.87. The van der Waals surface area contributed by atoms with E-state index >= 15 is 0 Å². The van der Waals surface area contributed by atoms with Gasteiger partial charge in [0.2, 0.25) is 5.95 Å². The van der Waals surface area contributed by atoms with Crippen LogP contribution in [0, 0.1) is 12.3 Å². The van der Waals surface area contributed by atoms with Crippen LogP contribution in [0.3, 0.4) is 0 Å². The summed E-state index contributed by atoms with van der Waals surface area (Å²) in [4.78, 5) is 21.7. The van der Waals surface area contributed by atoms with Crippen molar-refractivity contribution >= 4 is 22.7 Å². The molecule has 0 saturated heterocycles. The predicted octanol–water partition coefficient (Wildman–Crippen LogP) is 3.51. The van der Waals surface area contributed by atoms with Gasteiger partial charge in [-0.3, -0.25) is 9.36 Å². The van der Waals surface area contributed by atoms with Crippen LogP contribution in [0.15, 0.2) is 71.7 Å². The molecule has 0 atom stereocenters. The first-order valence-corrected chi connectivity index (χ1v) is 8.56. The first kappa shape index (κ1) is 17.3. The molecule has 0 amide bonds. The van der Waals surface area contributed by atoms with Crippen LogP contribution < -0.4 is 15.6 Å². The maximum Gasteiger partial charge on any atom is 0.258 e. The molecule has 0 aliphatic heterocycles. The Balaban J connectivity index is 1.93. The number of fused-ring (bicyclic) bond motifs is 1. The number of para-hydroxylation sites is 3. The Morgan fingerprint density at radius 3 is 2.61 bits per heavy atom. The zero-order chi connectivity index (χ0) is 19.5. The van der Waals surface area contributed by atoms with Gasteiger partial charge in [0.1, 0.15) is 5.75 Å². The summed E-state index contributed by atoms with van der Waals surface area (Å²) in [6, 6.07) is 18.1. The number of hydrogen-bond acceptors (Lipinski definition) is 5. The first-order valence-electron chi connectivity index (χ1n) is 8.56. The monoisotopic (exact) mass is 368 g/mol. The number of rotatable bonds is 4. The van der Waals surface area contributed by atoms with E-state index in [4.69, 9.17) is 11.2 Å². The molecule has 136 valence electrons. The van der Waals surface area contributed by atoms with E-state index < -0.39 is 0 Å². The molecule has 0 aliphatic carbocycles. The minimum atomic E-state index is -0.256. The quantitative estimate of drug-likeness (QED) is 0.558. The van der Waals surface area contributed by atoms with Crippen molar-refractivity contribution < 1.29 is 4.74 Å². The average molecular weight is 368 g/mol. The third kappa shape index (κ3) is 3.06. The van der Waals surface area contributed by atoms with E-state index in [2.05, 4.69) is 21.2 Å². The molecular weight excluding hydrogens is 352 g/mol. The summed E-state index contributed by atoms with van der Waals surface area (Å²) in [5, 5.41) is 3.76. The van der Waals surface area contributed by atoms with Gasteiger partial charge in [0.15, 0.2) is 5.65 Å². The van der Waals surface area contributed by atoms with Gasteiger partial charge in [-0.15, -0.1) is 6.42 Å². The fourth-order valence-corrected chi connectivity index (χ4v) is 2.98. The van der Waals surface area contributed by atoms with Gasteiger partial charge in [0.05, 0.1) is 23.9 Å². The van der Waals surface area contributed by atoms with Gasteiger partial charge in [-0.1, -0.05) is 36.3 Å². The zero-order valence-corrected chi connectivity index (χ0v) is 15.1. The van der Waals surface area contributed by atoms with E-state index in [9.17, 15) is 4.79 Å². The Kier molecular flexibility index (Phi) is 4.48. The number of nitrogens with one attached hydrogen (secondary N) is 1. The van der Waals surface area contributed by atoms with Crippen molar-refractivity contribution in [2.45, 2.75) is 0 Å². The van der Waals surface area contributed by atoms with Crippen molar-refractivity contribution in [2.75, 3.05) is 12.4 Å². The molecule has 0 aliphatic rings. The largest absolute Gasteiger partial charge is 0.495 e. The average Bonchev–Trinajstić information content (AvgIpc) is 2.74. The van der Waals surface area contributed by atoms with Gasteiger partial charge >= 0.3 is 0 Å². The second-order valence-electron chi connectivity index (χ2n) is 5.97. The van der Waals surface area contributed by atoms with Crippen molar-refractivity contribution in [1.29, 1.82) is 0 Å². The lowest BCUT2D eigenvalue weighted by molar-refractivity contribution is 0.417. The van der Waals surface area contributed by atoms with Gasteiger partial charge in [-0.05, 0) is 24.3 Å². The first-order chi connectivity index (χ1) is 13.7. The summed E-state index contributed by atoms with van der Waals surface area (Å²) in [5.74, 6) is 3.53. The highest BCUT2D eigenvalue weighted by atomic mass is 16.5. The second-order valence-corrected chi connectivity index (χ2v) is 5.97. The number of anilines is 2. The predicted molar refractivity (Wildman–Crippen MR) is 109 cm³/mol. The normalized spacial score (nSPS) is 10.4.